The lowest BCUT2D eigenvalue weighted by Crippen LogP contribution is -2.09. The van der Waals surface area contributed by atoms with Crippen LogP contribution < -0.4 is 0 Å². The van der Waals surface area contributed by atoms with Crippen LogP contribution in [-0.2, 0) is 9.84 Å². The first-order valence-corrected chi connectivity index (χ1v) is 8.05. The van der Waals surface area contributed by atoms with Gasteiger partial charge in [-0.2, -0.15) is 4.98 Å². The summed E-state index contributed by atoms with van der Waals surface area (Å²) in [7, 11) is -3.30. The minimum atomic E-state index is -3.30. The zero-order chi connectivity index (χ0) is 14.2. The van der Waals surface area contributed by atoms with E-state index in [4.69, 9.17) is 4.52 Å². The molecule has 0 fully saturated rings. The van der Waals surface area contributed by atoms with E-state index in [0.29, 0.717) is 5.56 Å². The second-order valence-corrected chi connectivity index (χ2v) is 7.37. The lowest BCUT2D eigenvalue weighted by atomic mass is 10.2. The van der Waals surface area contributed by atoms with Gasteiger partial charge in [-0.05, 0) is 25.1 Å². The third-order valence-electron chi connectivity index (χ3n) is 2.64. The first-order chi connectivity index (χ1) is 8.79. The number of hydrogen-bond acceptors (Lipinski definition) is 6. The van der Waals surface area contributed by atoms with Gasteiger partial charge in [-0.25, -0.2) is 8.42 Å². The Kier molecular flexibility index (Phi) is 3.64. The van der Waals surface area contributed by atoms with E-state index < -0.39 is 15.1 Å². The van der Waals surface area contributed by atoms with Crippen molar-refractivity contribution in [1.29, 1.82) is 0 Å². The fourth-order valence-electron chi connectivity index (χ4n) is 1.38. The van der Waals surface area contributed by atoms with Crippen LogP contribution in [0.1, 0.15) is 18.0 Å². The largest absolute Gasteiger partial charge is 0.507 e. The van der Waals surface area contributed by atoms with E-state index in [0.717, 1.165) is 10.7 Å². The number of aromatic nitrogens is 2. The first-order valence-electron chi connectivity index (χ1n) is 5.30. The van der Waals surface area contributed by atoms with Crippen molar-refractivity contribution in [3.63, 3.8) is 0 Å². The van der Waals surface area contributed by atoms with Crippen molar-refractivity contribution in [3.05, 3.63) is 28.5 Å². The normalized spacial score (nSPS) is 13.4. The predicted molar refractivity (Wildman–Crippen MR) is 72.4 cm³/mol. The van der Waals surface area contributed by atoms with Crippen LogP contribution in [0.4, 0.5) is 0 Å². The number of sulfone groups is 1. The van der Waals surface area contributed by atoms with Crippen molar-refractivity contribution in [3.8, 4) is 17.2 Å². The maximum absolute atomic E-state index is 11.4. The van der Waals surface area contributed by atoms with Crippen molar-refractivity contribution < 1.29 is 18.0 Å². The van der Waals surface area contributed by atoms with Gasteiger partial charge in [-0.1, -0.05) is 21.1 Å². The summed E-state index contributed by atoms with van der Waals surface area (Å²) in [5.41, 5.74) is 0.342. The number of benzene rings is 1. The van der Waals surface area contributed by atoms with Crippen LogP contribution >= 0.6 is 15.9 Å². The van der Waals surface area contributed by atoms with Gasteiger partial charge in [-0.15, -0.1) is 0 Å². The Morgan fingerprint density at radius 2 is 2.11 bits per heavy atom. The van der Waals surface area contributed by atoms with E-state index in [-0.39, 0.29) is 17.5 Å². The molecule has 2 aromatic rings. The van der Waals surface area contributed by atoms with Crippen molar-refractivity contribution in [2.24, 2.45) is 0 Å². The molecular formula is C11H11BrN2O4S. The number of hydrogen-bond donors (Lipinski definition) is 1. The summed E-state index contributed by atoms with van der Waals surface area (Å²) >= 11 is 3.26. The fraction of sp³-hybridized carbons (Fsp3) is 0.273. The molecule has 6 nitrogen and oxygen atoms in total. The van der Waals surface area contributed by atoms with Crippen LogP contribution in [0, 0.1) is 0 Å². The second kappa shape index (κ2) is 4.93. The van der Waals surface area contributed by atoms with Gasteiger partial charge in [0.15, 0.2) is 15.7 Å². The smallest absolute Gasteiger partial charge is 0.261 e. The topological polar surface area (TPSA) is 93.3 Å². The molecule has 0 saturated heterocycles. The van der Waals surface area contributed by atoms with Gasteiger partial charge in [0.25, 0.3) is 5.89 Å². The van der Waals surface area contributed by atoms with Crippen LogP contribution in [0.2, 0.25) is 0 Å². The average Bonchev–Trinajstić information content (AvgIpc) is 2.79. The van der Waals surface area contributed by atoms with Crippen molar-refractivity contribution in [1.82, 2.24) is 10.1 Å². The molecular weight excluding hydrogens is 336 g/mol. The molecule has 1 aromatic carbocycles. The minimum absolute atomic E-state index is 0.0228. The highest BCUT2D eigenvalue weighted by molar-refractivity contribution is 9.10. The van der Waals surface area contributed by atoms with E-state index in [1.807, 2.05) is 0 Å². The van der Waals surface area contributed by atoms with Gasteiger partial charge in [0.05, 0.1) is 5.56 Å². The molecule has 0 saturated carbocycles. The molecule has 0 aliphatic rings. The zero-order valence-electron chi connectivity index (χ0n) is 10.2. The molecule has 0 aliphatic heterocycles. The van der Waals surface area contributed by atoms with Crippen molar-refractivity contribution in [2.75, 3.05) is 6.26 Å². The Labute approximate surface area is 118 Å². The third kappa shape index (κ3) is 2.95. The van der Waals surface area contributed by atoms with Crippen LogP contribution in [0.25, 0.3) is 11.5 Å². The molecule has 0 aliphatic carbocycles. The molecule has 102 valence electrons. The van der Waals surface area contributed by atoms with E-state index in [1.165, 1.54) is 13.0 Å². The Hall–Kier alpha value is -1.41. The lowest BCUT2D eigenvalue weighted by molar-refractivity contribution is 0.416. The maximum Gasteiger partial charge on any atom is 0.261 e. The third-order valence-corrected chi connectivity index (χ3v) is 4.63. The first kappa shape index (κ1) is 14.0. The number of halogens is 1. The number of phenols is 1. The standard InChI is InChI=1S/C11H11BrN2O4S/c1-6(19(2,16)17)10-13-11(18-14-10)8-5-7(12)3-4-9(8)15/h3-6,15H,1-2H3. The molecule has 1 N–H and O–H groups in total. The number of phenolic OH excluding ortho intramolecular Hbond substituents is 1. The Balaban J connectivity index is 2.44. The molecule has 8 heteroatoms. The summed E-state index contributed by atoms with van der Waals surface area (Å²) < 4.78 is 28.6. The highest BCUT2D eigenvalue weighted by Crippen LogP contribution is 2.31. The molecule has 1 aromatic heterocycles. The van der Waals surface area contributed by atoms with E-state index in [2.05, 4.69) is 26.1 Å². The van der Waals surface area contributed by atoms with Gasteiger partial charge < -0.3 is 9.63 Å². The summed E-state index contributed by atoms with van der Waals surface area (Å²) in [6.07, 6.45) is 1.10. The number of nitrogens with zero attached hydrogens (tertiary/aromatic N) is 2. The van der Waals surface area contributed by atoms with Gasteiger partial charge >= 0.3 is 0 Å². The van der Waals surface area contributed by atoms with Gasteiger partial charge in [0, 0.05) is 10.7 Å². The molecule has 0 radical (unpaired) electrons. The summed E-state index contributed by atoms with van der Waals surface area (Å²) in [5, 5.41) is 12.5. The van der Waals surface area contributed by atoms with Crippen LogP contribution in [0.5, 0.6) is 5.75 Å². The maximum atomic E-state index is 11.4. The Morgan fingerprint density at radius 3 is 2.74 bits per heavy atom. The quantitative estimate of drug-likeness (QED) is 0.916. The van der Waals surface area contributed by atoms with E-state index >= 15 is 0 Å². The summed E-state index contributed by atoms with van der Waals surface area (Å²) in [5.74, 6) is 0.117. The molecule has 0 spiro atoms. The van der Waals surface area contributed by atoms with Crippen LogP contribution in [0.3, 0.4) is 0 Å². The van der Waals surface area contributed by atoms with E-state index in [9.17, 15) is 13.5 Å². The molecule has 1 heterocycles. The minimum Gasteiger partial charge on any atom is -0.507 e. The SMILES string of the molecule is CC(c1noc(-c2cc(Br)ccc2O)n1)S(C)(=O)=O. The van der Waals surface area contributed by atoms with Crippen molar-refractivity contribution >= 4 is 25.8 Å². The molecule has 19 heavy (non-hydrogen) atoms. The molecule has 1 unspecified atom stereocenters. The van der Waals surface area contributed by atoms with Gasteiger partial charge in [0.2, 0.25) is 0 Å². The molecule has 2 rings (SSSR count). The number of rotatable bonds is 3. The zero-order valence-corrected chi connectivity index (χ0v) is 12.6. The highest BCUT2D eigenvalue weighted by Gasteiger charge is 2.24. The summed E-state index contributed by atoms with van der Waals surface area (Å²) in [6.45, 7) is 1.48. The molecule has 1 atom stereocenters. The van der Waals surface area contributed by atoms with Crippen LogP contribution in [0.15, 0.2) is 27.2 Å². The summed E-state index contributed by atoms with van der Waals surface area (Å²) in [4.78, 5) is 4.01. The van der Waals surface area contributed by atoms with Crippen molar-refractivity contribution in [2.45, 2.75) is 12.2 Å². The fourth-order valence-corrected chi connectivity index (χ4v) is 2.22. The monoisotopic (exact) mass is 346 g/mol. The highest BCUT2D eigenvalue weighted by atomic mass is 79.9. The van der Waals surface area contributed by atoms with Gasteiger partial charge in [-0.3, -0.25) is 0 Å². The molecule has 0 bridgehead atoms. The Bertz CT molecular complexity index is 711. The predicted octanol–water partition coefficient (Wildman–Crippen LogP) is 2.31. The summed E-state index contributed by atoms with van der Waals surface area (Å²) in [6, 6.07) is 4.75. The Morgan fingerprint density at radius 1 is 1.42 bits per heavy atom. The lowest BCUT2D eigenvalue weighted by Gasteiger charge is -2.02. The second-order valence-electron chi connectivity index (χ2n) is 4.09. The van der Waals surface area contributed by atoms with Crippen LogP contribution in [-0.4, -0.2) is 29.9 Å². The molecule has 0 amide bonds. The average molecular weight is 347 g/mol. The van der Waals surface area contributed by atoms with E-state index in [1.54, 1.807) is 12.1 Å². The number of aromatic hydroxyl groups is 1. The van der Waals surface area contributed by atoms with Gasteiger partial charge in [0.1, 0.15) is 11.0 Å².